The number of hydrogen-bond acceptors (Lipinski definition) is 1. The molecule has 0 aromatic heterocycles. The standard InChI is InChI=1S/C14H30S/c1-5-6-7-8-9-10-11-12-13-15-14(2,3)4/h5-13H2,1-4H3. The van der Waals surface area contributed by atoms with Crippen LogP contribution in [0.4, 0.5) is 0 Å². The normalized spacial score (nSPS) is 12.0. The van der Waals surface area contributed by atoms with Crippen molar-refractivity contribution >= 4 is 11.8 Å². The van der Waals surface area contributed by atoms with E-state index in [0.29, 0.717) is 4.75 Å². The molecule has 0 nitrogen and oxygen atoms in total. The molecule has 1 heteroatoms. The number of thioether (sulfide) groups is 1. The SMILES string of the molecule is CCCCCCCCCCSC(C)(C)C. The molecule has 0 aromatic carbocycles. The zero-order valence-electron chi connectivity index (χ0n) is 11.3. The summed E-state index contributed by atoms with van der Waals surface area (Å²) in [5, 5.41) is 0. The second-order valence-corrected chi connectivity index (χ2v) is 7.36. The van der Waals surface area contributed by atoms with E-state index in [9.17, 15) is 0 Å². The zero-order valence-corrected chi connectivity index (χ0v) is 12.1. The highest BCUT2D eigenvalue weighted by atomic mass is 32.2. The fourth-order valence-corrected chi connectivity index (χ4v) is 2.58. The largest absolute Gasteiger partial charge is 0.156 e. The minimum absolute atomic E-state index is 0.459. The van der Waals surface area contributed by atoms with Gasteiger partial charge in [0.25, 0.3) is 0 Å². The predicted molar refractivity (Wildman–Crippen MR) is 74.8 cm³/mol. The van der Waals surface area contributed by atoms with Crippen molar-refractivity contribution in [3.05, 3.63) is 0 Å². The molecule has 0 saturated heterocycles. The van der Waals surface area contributed by atoms with Crippen molar-refractivity contribution in [2.45, 2.75) is 83.8 Å². The minimum Gasteiger partial charge on any atom is -0.156 e. The number of unbranched alkanes of at least 4 members (excludes halogenated alkanes) is 7. The third-order valence-electron chi connectivity index (χ3n) is 2.53. The zero-order chi connectivity index (χ0) is 11.6. The van der Waals surface area contributed by atoms with Crippen molar-refractivity contribution in [3.63, 3.8) is 0 Å². The van der Waals surface area contributed by atoms with E-state index in [1.807, 2.05) is 0 Å². The van der Waals surface area contributed by atoms with Gasteiger partial charge in [-0.2, -0.15) is 11.8 Å². The Balaban J connectivity index is 2.99. The summed E-state index contributed by atoms with van der Waals surface area (Å²) in [7, 11) is 0. The first-order valence-corrected chi connectivity index (χ1v) is 7.69. The van der Waals surface area contributed by atoms with Crippen LogP contribution < -0.4 is 0 Å². The number of hydrogen-bond donors (Lipinski definition) is 0. The van der Waals surface area contributed by atoms with Crippen molar-refractivity contribution in [1.29, 1.82) is 0 Å². The van der Waals surface area contributed by atoms with E-state index < -0.39 is 0 Å². The second-order valence-electron chi connectivity index (χ2n) is 5.44. The molecule has 0 N–H and O–H groups in total. The van der Waals surface area contributed by atoms with Crippen LogP contribution in [0.15, 0.2) is 0 Å². The van der Waals surface area contributed by atoms with E-state index in [0.717, 1.165) is 0 Å². The lowest BCUT2D eigenvalue weighted by Crippen LogP contribution is -2.08. The third kappa shape index (κ3) is 14.4. The van der Waals surface area contributed by atoms with Gasteiger partial charge < -0.3 is 0 Å². The maximum Gasteiger partial charge on any atom is 0.00750 e. The Morgan fingerprint density at radius 3 is 1.67 bits per heavy atom. The van der Waals surface area contributed by atoms with Crippen molar-refractivity contribution in [2.24, 2.45) is 0 Å². The molecule has 0 unspecified atom stereocenters. The number of rotatable bonds is 9. The van der Waals surface area contributed by atoms with E-state index in [4.69, 9.17) is 0 Å². The van der Waals surface area contributed by atoms with E-state index in [1.54, 1.807) is 0 Å². The van der Waals surface area contributed by atoms with Crippen LogP contribution >= 0.6 is 11.8 Å². The van der Waals surface area contributed by atoms with E-state index >= 15 is 0 Å². The molecule has 0 fully saturated rings. The monoisotopic (exact) mass is 230 g/mol. The van der Waals surface area contributed by atoms with Crippen molar-refractivity contribution in [3.8, 4) is 0 Å². The lowest BCUT2D eigenvalue weighted by Gasteiger charge is -2.17. The first-order chi connectivity index (χ1) is 7.06. The first-order valence-electron chi connectivity index (χ1n) is 6.70. The fraction of sp³-hybridized carbons (Fsp3) is 1.00. The molecule has 0 radical (unpaired) electrons. The lowest BCUT2D eigenvalue weighted by molar-refractivity contribution is 0.586. The van der Waals surface area contributed by atoms with Crippen LogP contribution in [-0.4, -0.2) is 10.5 Å². The Labute approximate surface area is 102 Å². The Morgan fingerprint density at radius 2 is 1.20 bits per heavy atom. The van der Waals surface area contributed by atoms with Gasteiger partial charge in [-0.1, -0.05) is 72.6 Å². The van der Waals surface area contributed by atoms with Crippen LogP contribution in [0.5, 0.6) is 0 Å². The topological polar surface area (TPSA) is 0 Å². The van der Waals surface area contributed by atoms with E-state index in [1.165, 1.54) is 57.1 Å². The molecule has 0 bridgehead atoms. The van der Waals surface area contributed by atoms with Gasteiger partial charge in [-0.05, 0) is 12.2 Å². The maximum atomic E-state index is 2.31. The van der Waals surface area contributed by atoms with Gasteiger partial charge >= 0.3 is 0 Å². The average molecular weight is 230 g/mol. The summed E-state index contributed by atoms with van der Waals surface area (Å²) in [5.74, 6) is 1.35. The van der Waals surface area contributed by atoms with Crippen LogP contribution in [0.25, 0.3) is 0 Å². The van der Waals surface area contributed by atoms with Crippen molar-refractivity contribution in [2.75, 3.05) is 5.75 Å². The summed E-state index contributed by atoms with van der Waals surface area (Å²) < 4.78 is 0.459. The van der Waals surface area contributed by atoms with Gasteiger partial charge in [0, 0.05) is 4.75 Å². The van der Waals surface area contributed by atoms with Gasteiger partial charge in [-0.3, -0.25) is 0 Å². The summed E-state index contributed by atoms with van der Waals surface area (Å²) in [6, 6.07) is 0. The Morgan fingerprint density at radius 1 is 0.733 bits per heavy atom. The lowest BCUT2D eigenvalue weighted by atomic mass is 10.1. The molecule has 0 saturated carbocycles. The van der Waals surface area contributed by atoms with E-state index in [2.05, 4.69) is 39.5 Å². The Bertz CT molecular complexity index is 124. The van der Waals surface area contributed by atoms with Gasteiger partial charge in [0.15, 0.2) is 0 Å². The van der Waals surface area contributed by atoms with Crippen molar-refractivity contribution in [1.82, 2.24) is 0 Å². The van der Waals surface area contributed by atoms with Gasteiger partial charge in [0.05, 0.1) is 0 Å². The Kier molecular flexibility index (Phi) is 9.79. The molecule has 0 aliphatic heterocycles. The molecular formula is C14H30S. The summed E-state index contributed by atoms with van der Waals surface area (Å²) in [6.45, 7) is 9.21. The van der Waals surface area contributed by atoms with Crippen LogP contribution in [0.1, 0.15) is 79.1 Å². The summed E-state index contributed by atoms with van der Waals surface area (Å²) in [5.41, 5.74) is 0. The summed E-state index contributed by atoms with van der Waals surface area (Å²) >= 11 is 2.11. The van der Waals surface area contributed by atoms with Crippen LogP contribution in [0, 0.1) is 0 Å². The summed E-state index contributed by atoms with van der Waals surface area (Å²) in [4.78, 5) is 0. The quantitative estimate of drug-likeness (QED) is 0.461. The highest BCUT2D eigenvalue weighted by Crippen LogP contribution is 2.24. The molecule has 0 spiro atoms. The van der Waals surface area contributed by atoms with E-state index in [-0.39, 0.29) is 0 Å². The van der Waals surface area contributed by atoms with Gasteiger partial charge in [-0.15, -0.1) is 0 Å². The maximum absolute atomic E-state index is 2.31. The second kappa shape index (κ2) is 9.57. The van der Waals surface area contributed by atoms with Gasteiger partial charge in [0.2, 0.25) is 0 Å². The molecule has 92 valence electrons. The highest BCUT2D eigenvalue weighted by Gasteiger charge is 2.08. The van der Waals surface area contributed by atoms with Crippen LogP contribution in [-0.2, 0) is 0 Å². The molecule has 15 heavy (non-hydrogen) atoms. The molecule has 0 amide bonds. The summed E-state index contributed by atoms with van der Waals surface area (Å²) in [6.07, 6.45) is 11.5. The third-order valence-corrected chi connectivity index (χ3v) is 3.89. The molecule has 0 atom stereocenters. The fourth-order valence-electron chi connectivity index (χ4n) is 1.61. The van der Waals surface area contributed by atoms with Crippen LogP contribution in [0.2, 0.25) is 0 Å². The molecule has 0 rings (SSSR count). The van der Waals surface area contributed by atoms with Crippen molar-refractivity contribution < 1.29 is 0 Å². The molecule has 0 aromatic rings. The molecule has 0 aliphatic rings. The predicted octanol–water partition coefficient (Wildman–Crippen LogP) is 5.66. The van der Waals surface area contributed by atoms with Gasteiger partial charge in [-0.25, -0.2) is 0 Å². The molecular weight excluding hydrogens is 200 g/mol. The van der Waals surface area contributed by atoms with Gasteiger partial charge in [0.1, 0.15) is 0 Å². The van der Waals surface area contributed by atoms with Crippen LogP contribution in [0.3, 0.4) is 0 Å². The highest BCUT2D eigenvalue weighted by molar-refractivity contribution is 8.00. The first kappa shape index (κ1) is 15.3. The average Bonchev–Trinajstić information content (AvgIpc) is 2.14. The molecule has 0 heterocycles. The smallest absolute Gasteiger partial charge is 0.00750 e. The minimum atomic E-state index is 0.459. The molecule has 0 aliphatic carbocycles. The Hall–Kier alpha value is 0.350.